The van der Waals surface area contributed by atoms with Crippen molar-refractivity contribution in [2.45, 2.75) is 24.4 Å². The predicted octanol–water partition coefficient (Wildman–Crippen LogP) is -0.824. The monoisotopic (exact) mass is 276 g/mol. The largest absolute Gasteiger partial charge is 1.00 e. The van der Waals surface area contributed by atoms with Crippen molar-refractivity contribution in [2.75, 3.05) is 0 Å². The molecule has 1 rings (SSSR count). The summed E-state index contributed by atoms with van der Waals surface area (Å²) >= 11 is 0. The van der Waals surface area contributed by atoms with Gasteiger partial charge in [0.25, 0.3) is 0 Å². The molecule has 0 spiro atoms. The minimum atomic E-state index is -5.13. The van der Waals surface area contributed by atoms with Gasteiger partial charge in [-0.25, -0.2) is 8.42 Å². The number of rotatable bonds is 2. The van der Waals surface area contributed by atoms with E-state index in [1.54, 1.807) is 0 Å². The maximum absolute atomic E-state index is 12.5. The summed E-state index contributed by atoms with van der Waals surface area (Å²) in [4.78, 5) is -1.16. The third kappa shape index (κ3) is 3.96. The van der Waals surface area contributed by atoms with Gasteiger partial charge >= 0.3 is 35.7 Å². The summed E-state index contributed by atoms with van der Waals surface area (Å²) in [5, 5.41) is 0. The van der Waals surface area contributed by atoms with Crippen LogP contribution in [0.2, 0.25) is 0 Å². The van der Waals surface area contributed by atoms with Crippen molar-refractivity contribution in [3.8, 4) is 0 Å². The Hall–Kier alpha value is -0.0800. The van der Waals surface area contributed by atoms with Crippen LogP contribution in [0.3, 0.4) is 0 Å². The second-order valence-corrected chi connectivity index (χ2v) is 4.42. The molecule has 17 heavy (non-hydrogen) atoms. The summed E-state index contributed by atoms with van der Waals surface area (Å²) in [6, 6.07) is 2.86. The van der Waals surface area contributed by atoms with Gasteiger partial charge in [-0.15, -0.1) is 0 Å². The fraction of sp³-hybridized carbons (Fsp3) is 0.333. The molecular formula is C9H8F3NaO3S. The molecule has 1 aromatic rings. The Kier molecular flexibility index (Phi) is 5.68. The van der Waals surface area contributed by atoms with Gasteiger partial charge in [0.15, 0.2) is 0 Å². The third-order valence-corrected chi connectivity index (χ3v) is 3.01. The van der Waals surface area contributed by atoms with Crippen LogP contribution in [0.5, 0.6) is 0 Å². The van der Waals surface area contributed by atoms with Gasteiger partial charge in [0.2, 0.25) is 0 Å². The van der Waals surface area contributed by atoms with E-state index in [1.165, 1.54) is 13.0 Å². The number of hydrogen-bond donors (Lipinski definition) is 0. The van der Waals surface area contributed by atoms with Crippen LogP contribution in [0.4, 0.5) is 13.2 Å². The van der Waals surface area contributed by atoms with E-state index in [2.05, 4.69) is 0 Å². The van der Waals surface area contributed by atoms with Gasteiger partial charge in [-0.1, -0.05) is 19.1 Å². The van der Waals surface area contributed by atoms with E-state index in [9.17, 15) is 26.1 Å². The Morgan fingerprint density at radius 1 is 1.29 bits per heavy atom. The van der Waals surface area contributed by atoms with Crippen molar-refractivity contribution in [1.82, 2.24) is 0 Å². The van der Waals surface area contributed by atoms with E-state index in [0.717, 1.165) is 6.07 Å². The molecule has 0 saturated carbocycles. The Balaban J connectivity index is 0.00000256. The van der Waals surface area contributed by atoms with Crippen LogP contribution in [0.25, 0.3) is 0 Å². The molecule has 90 valence electrons. The zero-order chi connectivity index (χ0) is 12.6. The van der Waals surface area contributed by atoms with Gasteiger partial charge in [0.1, 0.15) is 10.1 Å². The molecule has 0 aliphatic rings. The molecule has 1 aromatic carbocycles. The first-order valence-electron chi connectivity index (χ1n) is 4.33. The number of halogens is 3. The van der Waals surface area contributed by atoms with Gasteiger partial charge in [-0.05, 0) is 18.1 Å². The molecule has 0 aromatic heterocycles. The number of alkyl halides is 3. The zero-order valence-electron chi connectivity index (χ0n) is 9.21. The van der Waals surface area contributed by atoms with Crippen molar-refractivity contribution >= 4 is 10.1 Å². The minimum Gasteiger partial charge on any atom is -0.744 e. The van der Waals surface area contributed by atoms with Gasteiger partial charge in [0, 0.05) is 0 Å². The normalized spacial score (nSPS) is 12.1. The second-order valence-electron chi connectivity index (χ2n) is 3.10. The molecule has 0 N–H and O–H groups in total. The molecule has 0 unspecified atom stereocenters. The van der Waals surface area contributed by atoms with Crippen LogP contribution >= 0.6 is 0 Å². The molecule has 0 aliphatic carbocycles. The summed E-state index contributed by atoms with van der Waals surface area (Å²) in [5.74, 6) is 0. The van der Waals surface area contributed by atoms with Crippen molar-refractivity contribution in [1.29, 1.82) is 0 Å². The average molecular weight is 276 g/mol. The topological polar surface area (TPSA) is 57.2 Å². The van der Waals surface area contributed by atoms with Crippen LogP contribution in [0.15, 0.2) is 23.1 Å². The molecule has 0 saturated heterocycles. The van der Waals surface area contributed by atoms with E-state index in [-0.39, 0.29) is 41.5 Å². The molecule has 0 heterocycles. The molecule has 0 fully saturated rings. The minimum absolute atomic E-state index is 0. The van der Waals surface area contributed by atoms with Gasteiger partial charge in [-0.2, -0.15) is 13.2 Å². The van der Waals surface area contributed by atoms with Crippen LogP contribution in [0, 0.1) is 0 Å². The van der Waals surface area contributed by atoms with E-state index >= 15 is 0 Å². The van der Waals surface area contributed by atoms with Crippen molar-refractivity contribution < 1.29 is 55.7 Å². The number of benzene rings is 1. The van der Waals surface area contributed by atoms with E-state index in [1.807, 2.05) is 0 Å². The standard InChI is InChI=1S/C9H9F3O3S.Na/c1-2-6-4-3-5-7(9(10,11)12)8(6)16(13,14)15;/h3-5H,2H2,1H3,(H,13,14,15);/q;+1/p-1. The van der Waals surface area contributed by atoms with Crippen LogP contribution in [-0.2, 0) is 22.7 Å². The first-order valence-corrected chi connectivity index (χ1v) is 5.73. The fourth-order valence-electron chi connectivity index (χ4n) is 1.38. The number of hydrogen-bond acceptors (Lipinski definition) is 3. The summed E-state index contributed by atoms with van der Waals surface area (Å²) in [6.07, 6.45) is -4.81. The molecule has 0 radical (unpaired) electrons. The summed E-state index contributed by atoms with van der Waals surface area (Å²) in [5.41, 5.74) is -1.52. The predicted molar refractivity (Wildman–Crippen MR) is 48.8 cm³/mol. The average Bonchev–Trinajstić information content (AvgIpc) is 2.13. The first-order chi connectivity index (χ1) is 7.18. The quantitative estimate of drug-likeness (QED) is 0.523. The second kappa shape index (κ2) is 5.71. The molecule has 0 atom stereocenters. The molecular weight excluding hydrogens is 268 g/mol. The molecule has 8 heteroatoms. The van der Waals surface area contributed by atoms with E-state index < -0.39 is 26.8 Å². The van der Waals surface area contributed by atoms with Crippen LogP contribution in [-0.4, -0.2) is 13.0 Å². The Morgan fingerprint density at radius 3 is 2.18 bits per heavy atom. The third-order valence-electron chi connectivity index (χ3n) is 2.03. The molecule has 0 aliphatic heterocycles. The van der Waals surface area contributed by atoms with Crippen molar-refractivity contribution in [2.24, 2.45) is 0 Å². The molecule has 0 bridgehead atoms. The van der Waals surface area contributed by atoms with Crippen LogP contribution in [0.1, 0.15) is 18.1 Å². The smallest absolute Gasteiger partial charge is 0.744 e. The summed E-state index contributed by atoms with van der Waals surface area (Å²) in [7, 11) is -5.13. The number of aryl methyl sites for hydroxylation is 1. The maximum Gasteiger partial charge on any atom is 1.00 e. The first kappa shape index (κ1) is 16.9. The van der Waals surface area contributed by atoms with Gasteiger partial charge < -0.3 is 4.55 Å². The summed E-state index contributed by atoms with van der Waals surface area (Å²) < 4.78 is 69.9. The Morgan fingerprint density at radius 2 is 1.82 bits per heavy atom. The Bertz CT molecular complexity index is 497. The van der Waals surface area contributed by atoms with Crippen molar-refractivity contribution in [3.05, 3.63) is 29.3 Å². The van der Waals surface area contributed by atoms with E-state index in [4.69, 9.17) is 0 Å². The van der Waals surface area contributed by atoms with Gasteiger partial charge in [-0.3, -0.25) is 0 Å². The maximum atomic E-state index is 12.5. The molecule has 0 amide bonds. The Labute approximate surface area is 119 Å². The van der Waals surface area contributed by atoms with Crippen LogP contribution < -0.4 is 29.6 Å². The van der Waals surface area contributed by atoms with E-state index in [0.29, 0.717) is 6.07 Å². The van der Waals surface area contributed by atoms with Crippen molar-refractivity contribution in [3.63, 3.8) is 0 Å². The fourth-order valence-corrected chi connectivity index (χ4v) is 2.37. The molecule has 3 nitrogen and oxygen atoms in total. The zero-order valence-corrected chi connectivity index (χ0v) is 12.0. The summed E-state index contributed by atoms with van der Waals surface area (Å²) in [6.45, 7) is 1.48. The van der Waals surface area contributed by atoms with Gasteiger partial charge in [0.05, 0.1) is 10.5 Å². The SMILES string of the molecule is CCc1cccc(C(F)(F)F)c1S(=O)(=O)[O-].[Na+].